The molecule has 0 aliphatic carbocycles. The zero-order valence-corrected chi connectivity index (χ0v) is 9.03. The number of nitrogens with zero attached hydrogens (tertiary/aromatic N) is 3. The third-order valence-electron chi connectivity index (χ3n) is 2.68. The van der Waals surface area contributed by atoms with Crippen molar-refractivity contribution in [1.82, 2.24) is 14.5 Å². The molecule has 0 aromatic carbocycles. The average molecular weight is 214 g/mol. The third kappa shape index (κ3) is 2.72. The van der Waals surface area contributed by atoms with Gasteiger partial charge in [0, 0.05) is 37.4 Å². The van der Waals surface area contributed by atoms with Gasteiger partial charge in [-0.1, -0.05) is 0 Å². The summed E-state index contributed by atoms with van der Waals surface area (Å²) in [6, 6.07) is 0. The summed E-state index contributed by atoms with van der Waals surface area (Å²) in [5, 5.41) is 0.353. The van der Waals surface area contributed by atoms with E-state index in [-0.39, 0.29) is 0 Å². The SMILES string of the molecule is ClC1CCCN(CCn2ccnc2)C1. The molecule has 1 aliphatic rings. The normalized spacial score (nSPS) is 23.9. The Labute approximate surface area is 89.7 Å². The van der Waals surface area contributed by atoms with E-state index < -0.39 is 0 Å². The van der Waals surface area contributed by atoms with Crippen LogP contribution in [-0.2, 0) is 6.54 Å². The van der Waals surface area contributed by atoms with Gasteiger partial charge in [-0.3, -0.25) is 0 Å². The van der Waals surface area contributed by atoms with Gasteiger partial charge in [0.15, 0.2) is 0 Å². The van der Waals surface area contributed by atoms with Gasteiger partial charge in [0.25, 0.3) is 0 Å². The molecule has 2 rings (SSSR count). The Morgan fingerprint density at radius 2 is 2.36 bits per heavy atom. The smallest absolute Gasteiger partial charge is 0.0946 e. The summed E-state index contributed by atoms with van der Waals surface area (Å²) in [6.07, 6.45) is 8.09. The molecule has 78 valence electrons. The summed E-state index contributed by atoms with van der Waals surface area (Å²) in [4.78, 5) is 6.45. The largest absolute Gasteiger partial charge is 0.336 e. The molecule has 4 heteroatoms. The van der Waals surface area contributed by atoms with Crippen molar-refractivity contribution in [2.75, 3.05) is 19.6 Å². The second-order valence-corrected chi connectivity index (χ2v) is 4.46. The predicted molar refractivity (Wildman–Crippen MR) is 57.5 cm³/mol. The van der Waals surface area contributed by atoms with E-state index >= 15 is 0 Å². The zero-order chi connectivity index (χ0) is 9.80. The molecule has 0 saturated carbocycles. The molecule has 1 atom stereocenters. The van der Waals surface area contributed by atoms with Crippen LogP contribution in [0.2, 0.25) is 0 Å². The van der Waals surface area contributed by atoms with Crippen molar-refractivity contribution in [3.63, 3.8) is 0 Å². The molecule has 1 aliphatic heterocycles. The van der Waals surface area contributed by atoms with Crippen molar-refractivity contribution in [3.05, 3.63) is 18.7 Å². The number of likely N-dealkylation sites (tertiary alicyclic amines) is 1. The number of hydrogen-bond acceptors (Lipinski definition) is 2. The number of piperidine rings is 1. The molecule has 0 N–H and O–H groups in total. The van der Waals surface area contributed by atoms with Crippen molar-refractivity contribution in [2.45, 2.75) is 24.8 Å². The molecule has 0 radical (unpaired) electrons. The molecular weight excluding hydrogens is 198 g/mol. The second kappa shape index (κ2) is 4.80. The molecular formula is C10H16ClN3. The maximum atomic E-state index is 6.11. The van der Waals surface area contributed by atoms with E-state index in [1.807, 2.05) is 18.7 Å². The van der Waals surface area contributed by atoms with E-state index in [1.54, 1.807) is 0 Å². The highest BCUT2D eigenvalue weighted by Crippen LogP contribution is 2.14. The molecule has 1 aromatic heterocycles. The van der Waals surface area contributed by atoms with Gasteiger partial charge in [-0.15, -0.1) is 11.6 Å². The summed E-state index contributed by atoms with van der Waals surface area (Å²) in [6.45, 7) is 4.33. The van der Waals surface area contributed by atoms with E-state index in [2.05, 4.69) is 14.5 Å². The summed E-state index contributed by atoms with van der Waals surface area (Å²) >= 11 is 6.11. The minimum Gasteiger partial charge on any atom is -0.336 e. The summed E-state index contributed by atoms with van der Waals surface area (Å²) in [7, 11) is 0. The fourth-order valence-corrected chi connectivity index (χ4v) is 2.23. The number of aromatic nitrogens is 2. The Bertz CT molecular complexity index is 260. The fraction of sp³-hybridized carbons (Fsp3) is 0.700. The first-order valence-corrected chi connectivity index (χ1v) is 5.60. The lowest BCUT2D eigenvalue weighted by Crippen LogP contribution is -2.37. The molecule has 3 nitrogen and oxygen atoms in total. The van der Waals surface area contributed by atoms with E-state index in [0.29, 0.717) is 5.38 Å². The van der Waals surface area contributed by atoms with Crippen LogP contribution in [-0.4, -0.2) is 39.5 Å². The lowest BCUT2D eigenvalue weighted by Gasteiger charge is -2.29. The maximum Gasteiger partial charge on any atom is 0.0946 e. The molecule has 1 unspecified atom stereocenters. The van der Waals surface area contributed by atoms with Crippen LogP contribution in [0.15, 0.2) is 18.7 Å². The second-order valence-electron chi connectivity index (χ2n) is 3.84. The molecule has 0 bridgehead atoms. The Balaban J connectivity index is 1.75. The van der Waals surface area contributed by atoms with E-state index in [1.165, 1.54) is 19.4 Å². The predicted octanol–water partition coefficient (Wildman–Crippen LogP) is 1.59. The van der Waals surface area contributed by atoms with Gasteiger partial charge in [0.05, 0.1) is 6.33 Å². The first-order chi connectivity index (χ1) is 6.84. The van der Waals surface area contributed by atoms with E-state index in [0.717, 1.165) is 19.6 Å². The van der Waals surface area contributed by atoms with Gasteiger partial charge in [0.1, 0.15) is 0 Å². The molecule has 0 spiro atoms. The Hall–Kier alpha value is -0.540. The lowest BCUT2D eigenvalue weighted by atomic mass is 10.1. The molecule has 1 saturated heterocycles. The molecule has 2 heterocycles. The van der Waals surface area contributed by atoms with Crippen LogP contribution in [0.25, 0.3) is 0 Å². The third-order valence-corrected chi connectivity index (χ3v) is 3.04. The maximum absolute atomic E-state index is 6.11. The molecule has 1 aromatic rings. The summed E-state index contributed by atoms with van der Waals surface area (Å²) in [5.41, 5.74) is 0. The molecule has 0 amide bonds. The van der Waals surface area contributed by atoms with Crippen LogP contribution in [0.1, 0.15) is 12.8 Å². The number of imidazole rings is 1. The number of halogens is 1. The fourth-order valence-electron chi connectivity index (χ4n) is 1.88. The van der Waals surface area contributed by atoms with E-state index in [4.69, 9.17) is 11.6 Å². The van der Waals surface area contributed by atoms with Crippen LogP contribution in [0, 0.1) is 0 Å². The summed E-state index contributed by atoms with van der Waals surface area (Å²) < 4.78 is 2.11. The zero-order valence-electron chi connectivity index (χ0n) is 8.27. The number of rotatable bonds is 3. The lowest BCUT2D eigenvalue weighted by molar-refractivity contribution is 0.224. The van der Waals surface area contributed by atoms with Crippen LogP contribution in [0.3, 0.4) is 0 Å². The first-order valence-electron chi connectivity index (χ1n) is 5.17. The van der Waals surface area contributed by atoms with Crippen molar-refractivity contribution in [1.29, 1.82) is 0 Å². The monoisotopic (exact) mass is 213 g/mol. The van der Waals surface area contributed by atoms with Crippen molar-refractivity contribution in [2.24, 2.45) is 0 Å². The van der Waals surface area contributed by atoms with Crippen LogP contribution in [0.4, 0.5) is 0 Å². The topological polar surface area (TPSA) is 21.1 Å². The minimum absolute atomic E-state index is 0.353. The van der Waals surface area contributed by atoms with Crippen molar-refractivity contribution in [3.8, 4) is 0 Å². The van der Waals surface area contributed by atoms with Gasteiger partial charge in [-0.2, -0.15) is 0 Å². The quantitative estimate of drug-likeness (QED) is 0.712. The molecule has 1 fully saturated rings. The van der Waals surface area contributed by atoms with Crippen LogP contribution < -0.4 is 0 Å². The number of hydrogen-bond donors (Lipinski definition) is 0. The highest BCUT2D eigenvalue weighted by molar-refractivity contribution is 6.20. The minimum atomic E-state index is 0.353. The van der Waals surface area contributed by atoms with Crippen molar-refractivity contribution >= 4 is 11.6 Å². The van der Waals surface area contributed by atoms with Gasteiger partial charge < -0.3 is 9.47 Å². The standard InChI is InChI=1S/C10H16ClN3/c11-10-2-1-4-13(8-10)6-7-14-5-3-12-9-14/h3,5,9-10H,1-2,4,6-8H2. The first kappa shape index (κ1) is 9.99. The van der Waals surface area contributed by atoms with Crippen molar-refractivity contribution < 1.29 is 0 Å². The highest BCUT2D eigenvalue weighted by atomic mass is 35.5. The van der Waals surface area contributed by atoms with Crippen LogP contribution in [0.5, 0.6) is 0 Å². The summed E-state index contributed by atoms with van der Waals surface area (Å²) in [5.74, 6) is 0. The van der Waals surface area contributed by atoms with Crippen LogP contribution >= 0.6 is 11.6 Å². The van der Waals surface area contributed by atoms with Gasteiger partial charge >= 0.3 is 0 Å². The van der Waals surface area contributed by atoms with Gasteiger partial charge in [-0.25, -0.2) is 4.98 Å². The Kier molecular flexibility index (Phi) is 3.43. The van der Waals surface area contributed by atoms with Gasteiger partial charge in [0.2, 0.25) is 0 Å². The average Bonchev–Trinajstić information content (AvgIpc) is 2.67. The Morgan fingerprint density at radius 3 is 3.07 bits per heavy atom. The number of alkyl halides is 1. The Morgan fingerprint density at radius 1 is 1.43 bits per heavy atom. The molecule has 14 heavy (non-hydrogen) atoms. The van der Waals surface area contributed by atoms with Gasteiger partial charge in [-0.05, 0) is 19.4 Å². The van der Waals surface area contributed by atoms with E-state index in [9.17, 15) is 0 Å². The highest BCUT2D eigenvalue weighted by Gasteiger charge is 2.16.